The van der Waals surface area contributed by atoms with Crippen molar-refractivity contribution in [3.63, 3.8) is 0 Å². The van der Waals surface area contributed by atoms with E-state index in [4.69, 9.17) is 9.05 Å². The van der Waals surface area contributed by atoms with Gasteiger partial charge in [-0.2, -0.15) is 0 Å². The normalized spacial score (nSPS) is 12.5. The first-order valence-electron chi connectivity index (χ1n) is 5.52. The van der Waals surface area contributed by atoms with Gasteiger partial charge in [-0.15, -0.1) is 0 Å². The third-order valence-corrected chi connectivity index (χ3v) is 3.68. The molecule has 1 aromatic carbocycles. The second kappa shape index (κ2) is 6.09. The molecule has 3 heteroatoms. The van der Waals surface area contributed by atoms with Crippen LogP contribution in [0.3, 0.4) is 0 Å². The van der Waals surface area contributed by atoms with Gasteiger partial charge in [-0.3, -0.25) is 0 Å². The number of benzene rings is 1. The summed E-state index contributed by atoms with van der Waals surface area (Å²) in [5.41, 5.74) is 0. The molecule has 0 atom stereocenters. The van der Waals surface area contributed by atoms with Gasteiger partial charge in [0.15, 0.2) is 0 Å². The van der Waals surface area contributed by atoms with Gasteiger partial charge in [0.05, 0.1) is 0 Å². The molecule has 1 aromatic rings. The van der Waals surface area contributed by atoms with Crippen LogP contribution in [0.1, 0.15) is 19.8 Å². The van der Waals surface area contributed by atoms with E-state index >= 15 is 0 Å². The van der Waals surface area contributed by atoms with Crippen molar-refractivity contribution in [2.45, 2.75) is 19.8 Å². The Morgan fingerprint density at radius 1 is 1.13 bits per heavy atom. The molecule has 0 radical (unpaired) electrons. The maximum atomic E-state index is 5.87. The molecule has 0 saturated heterocycles. The first kappa shape index (κ1) is 12.5. The molecule has 0 fully saturated rings. The fourth-order valence-electron chi connectivity index (χ4n) is 1.26. The van der Waals surface area contributed by atoms with Crippen molar-refractivity contribution < 1.29 is 9.05 Å². The Morgan fingerprint density at radius 3 is 2.40 bits per heavy atom. The van der Waals surface area contributed by atoms with Gasteiger partial charge in [-0.1, -0.05) is 0 Å². The second-order valence-electron chi connectivity index (χ2n) is 4.02. The molecule has 0 unspecified atom stereocenters. The first-order valence-corrected chi connectivity index (χ1v) is 8.34. The van der Waals surface area contributed by atoms with Crippen molar-refractivity contribution in [2.24, 2.45) is 0 Å². The van der Waals surface area contributed by atoms with Crippen LogP contribution >= 0.6 is 7.72 Å². The summed E-state index contributed by atoms with van der Waals surface area (Å²) in [7, 11) is -1.98. The molecular formula is C12H21O2P. The molecular weight excluding hydrogens is 207 g/mol. The summed E-state index contributed by atoms with van der Waals surface area (Å²) in [5, 5.41) is 0. The molecule has 15 heavy (non-hydrogen) atoms. The third kappa shape index (κ3) is 5.15. The molecule has 0 saturated carbocycles. The SMILES string of the molecule is CCCCO[PH](C)(C)Oc1ccccc1. The molecule has 0 aliphatic heterocycles. The summed E-state index contributed by atoms with van der Waals surface area (Å²) < 4.78 is 11.7. The fourth-order valence-corrected chi connectivity index (χ4v) is 2.66. The van der Waals surface area contributed by atoms with Crippen LogP contribution in [0.5, 0.6) is 5.75 Å². The Bertz CT molecular complexity index is 272. The number of para-hydroxylation sites is 1. The van der Waals surface area contributed by atoms with E-state index in [1.165, 1.54) is 0 Å². The molecule has 1 rings (SSSR count). The van der Waals surface area contributed by atoms with E-state index in [9.17, 15) is 0 Å². The van der Waals surface area contributed by atoms with Crippen molar-refractivity contribution in [1.29, 1.82) is 0 Å². The van der Waals surface area contributed by atoms with Crippen LogP contribution in [-0.2, 0) is 4.52 Å². The number of rotatable bonds is 6. The topological polar surface area (TPSA) is 18.5 Å². The van der Waals surface area contributed by atoms with Crippen molar-refractivity contribution in [3.8, 4) is 5.75 Å². The van der Waals surface area contributed by atoms with Gasteiger partial charge < -0.3 is 0 Å². The predicted molar refractivity (Wildman–Crippen MR) is 68.1 cm³/mol. The van der Waals surface area contributed by atoms with Crippen molar-refractivity contribution in [3.05, 3.63) is 30.3 Å². The average Bonchev–Trinajstić information content (AvgIpc) is 2.18. The second-order valence-corrected chi connectivity index (χ2v) is 7.31. The van der Waals surface area contributed by atoms with E-state index in [1.54, 1.807) is 0 Å². The van der Waals surface area contributed by atoms with Gasteiger partial charge in [0.2, 0.25) is 0 Å². The zero-order valence-electron chi connectivity index (χ0n) is 9.82. The van der Waals surface area contributed by atoms with Gasteiger partial charge in [0.1, 0.15) is 0 Å². The summed E-state index contributed by atoms with van der Waals surface area (Å²) in [5.74, 6) is 0.908. The van der Waals surface area contributed by atoms with Crippen molar-refractivity contribution >= 4 is 7.72 Å². The summed E-state index contributed by atoms with van der Waals surface area (Å²) >= 11 is 0. The van der Waals surface area contributed by atoms with Crippen LogP contribution < -0.4 is 4.52 Å². The Hall–Kier alpha value is -0.590. The minimum atomic E-state index is -1.98. The molecule has 0 heterocycles. The molecule has 0 amide bonds. The number of hydrogen-bond acceptors (Lipinski definition) is 2. The van der Waals surface area contributed by atoms with Crippen LogP contribution in [0.15, 0.2) is 30.3 Å². The van der Waals surface area contributed by atoms with Gasteiger partial charge in [0, 0.05) is 0 Å². The molecule has 0 aromatic heterocycles. The maximum absolute atomic E-state index is 5.87. The quantitative estimate of drug-likeness (QED) is 0.545. The summed E-state index contributed by atoms with van der Waals surface area (Å²) in [4.78, 5) is 0. The molecule has 2 nitrogen and oxygen atoms in total. The van der Waals surface area contributed by atoms with Gasteiger partial charge in [0.25, 0.3) is 0 Å². The summed E-state index contributed by atoms with van der Waals surface area (Å²) in [6.45, 7) is 7.13. The summed E-state index contributed by atoms with van der Waals surface area (Å²) in [6, 6.07) is 9.88. The average molecular weight is 228 g/mol. The van der Waals surface area contributed by atoms with Crippen molar-refractivity contribution in [2.75, 3.05) is 19.9 Å². The van der Waals surface area contributed by atoms with E-state index in [0.717, 1.165) is 25.2 Å². The van der Waals surface area contributed by atoms with Gasteiger partial charge in [-0.25, -0.2) is 0 Å². The van der Waals surface area contributed by atoms with Crippen LogP contribution in [0.25, 0.3) is 0 Å². The monoisotopic (exact) mass is 228 g/mol. The minimum absolute atomic E-state index is 0.808. The zero-order valence-corrected chi connectivity index (χ0v) is 10.8. The predicted octanol–water partition coefficient (Wildman–Crippen LogP) is 3.72. The van der Waals surface area contributed by atoms with E-state index in [2.05, 4.69) is 20.3 Å². The van der Waals surface area contributed by atoms with Crippen LogP contribution in [0.2, 0.25) is 0 Å². The van der Waals surface area contributed by atoms with E-state index in [0.29, 0.717) is 0 Å². The van der Waals surface area contributed by atoms with Gasteiger partial charge in [-0.05, 0) is 0 Å². The van der Waals surface area contributed by atoms with E-state index in [1.807, 2.05) is 30.3 Å². The number of unbranched alkanes of at least 4 members (excludes halogenated alkanes) is 1. The van der Waals surface area contributed by atoms with Crippen molar-refractivity contribution in [1.82, 2.24) is 0 Å². The van der Waals surface area contributed by atoms with Crippen LogP contribution in [-0.4, -0.2) is 19.9 Å². The van der Waals surface area contributed by atoms with Crippen LogP contribution in [0.4, 0.5) is 0 Å². The fraction of sp³-hybridized carbons (Fsp3) is 0.500. The Labute approximate surface area is 93.1 Å². The first-order chi connectivity index (χ1) is 7.14. The summed E-state index contributed by atoms with van der Waals surface area (Å²) in [6.07, 6.45) is 2.27. The van der Waals surface area contributed by atoms with Crippen LogP contribution in [0, 0.1) is 0 Å². The standard InChI is InChI=1S/C12H21O2P/c1-4-5-11-13-15(2,3)14-12-9-7-6-8-10-12/h6-10,15H,4-5,11H2,1-3H3. The van der Waals surface area contributed by atoms with Gasteiger partial charge >= 0.3 is 92.5 Å². The third-order valence-electron chi connectivity index (χ3n) is 2.05. The Balaban J connectivity index is 2.42. The van der Waals surface area contributed by atoms with E-state index in [-0.39, 0.29) is 0 Å². The zero-order chi connectivity index (χ0) is 11.1. The molecule has 0 aliphatic carbocycles. The molecule has 0 aliphatic rings. The number of hydrogen-bond donors (Lipinski definition) is 0. The molecule has 0 N–H and O–H groups in total. The Kier molecular flexibility index (Phi) is 5.07. The molecule has 0 spiro atoms. The molecule has 86 valence electrons. The Morgan fingerprint density at radius 2 is 1.80 bits per heavy atom. The van der Waals surface area contributed by atoms with E-state index < -0.39 is 7.72 Å². The molecule has 0 bridgehead atoms.